The van der Waals surface area contributed by atoms with E-state index < -0.39 is 5.92 Å². The van der Waals surface area contributed by atoms with Gasteiger partial charge in [-0.2, -0.15) is 5.10 Å². The number of hydrogen-bond acceptors (Lipinski definition) is 3. The Morgan fingerprint density at radius 2 is 1.83 bits per heavy atom. The van der Waals surface area contributed by atoms with Crippen LogP contribution in [0, 0.1) is 0 Å². The molecule has 0 aromatic heterocycles. The van der Waals surface area contributed by atoms with Gasteiger partial charge in [0.25, 0.3) is 5.92 Å². The van der Waals surface area contributed by atoms with Gasteiger partial charge in [-0.05, 0) is 12.5 Å². The highest BCUT2D eigenvalue weighted by Gasteiger charge is 2.23. The summed E-state index contributed by atoms with van der Waals surface area (Å²) in [6.07, 6.45) is 0. The van der Waals surface area contributed by atoms with E-state index in [2.05, 4.69) is 15.6 Å². The average molecular weight is 255 g/mol. The van der Waals surface area contributed by atoms with Crippen molar-refractivity contribution < 1.29 is 8.78 Å². The van der Waals surface area contributed by atoms with Gasteiger partial charge in [-0.15, -0.1) is 5.10 Å². The average Bonchev–Trinajstić information content (AvgIpc) is 2.34. The highest BCUT2D eigenvalue weighted by Crippen LogP contribution is 2.26. The molecule has 18 heavy (non-hydrogen) atoms. The number of hydrazone groups is 2. The maximum atomic E-state index is 13.0. The molecule has 0 unspecified atom stereocenters. The summed E-state index contributed by atoms with van der Waals surface area (Å²) in [4.78, 5) is 0. The summed E-state index contributed by atoms with van der Waals surface area (Å²) in [6, 6.07) is 5.83. The van der Waals surface area contributed by atoms with Crippen molar-refractivity contribution in [3.05, 3.63) is 35.4 Å². The molecule has 1 aromatic carbocycles. The molecule has 0 bridgehead atoms. The lowest BCUT2D eigenvalue weighted by Crippen LogP contribution is -2.29. The van der Waals surface area contributed by atoms with Crippen LogP contribution in [-0.2, 0) is 5.92 Å². The fourth-order valence-electron chi connectivity index (χ4n) is 1.24. The Morgan fingerprint density at radius 1 is 1.28 bits per heavy atom. The second-order valence-corrected chi connectivity index (χ2v) is 3.79. The van der Waals surface area contributed by atoms with Crippen molar-refractivity contribution in [2.24, 2.45) is 21.8 Å². The van der Waals surface area contributed by atoms with Crippen LogP contribution in [0.5, 0.6) is 0 Å². The molecule has 0 amide bonds. The molecule has 0 atom stereocenters. The summed E-state index contributed by atoms with van der Waals surface area (Å²) in [6.45, 7) is 2.55. The Balaban J connectivity index is 2.85. The summed E-state index contributed by atoms with van der Waals surface area (Å²) in [5.41, 5.74) is 8.93. The van der Waals surface area contributed by atoms with Crippen molar-refractivity contribution in [3.63, 3.8) is 0 Å². The van der Waals surface area contributed by atoms with E-state index in [4.69, 9.17) is 11.6 Å². The lowest BCUT2D eigenvalue weighted by atomic mass is 10.1. The maximum Gasteiger partial charge on any atom is 0.270 e. The third-order valence-electron chi connectivity index (χ3n) is 2.29. The fourth-order valence-corrected chi connectivity index (χ4v) is 1.24. The predicted molar refractivity (Wildman–Crippen MR) is 67.2 cm³/mol. The summed E-state index contributed by atoms with van der Waals surface area (Å²) in [5, 5.41) is 7.08. The van der Waals surface area contributed by atoms with Crippen molar-refractivity contribution in [1.82, 2.24) is 5.43 Å². The molecule has 5 N–H and O–H groups in total. The number of nitrogens with zero attached hydrogens (tertiary/aromatic N) is 2. The van der Waals surface area contributed by atoms with Gasteiger partial charge in [0.05, 0.1) is 5.71 Å². The Labute approximate surface area is 104 Å². The molecule has 0 fully saturated rings. The van der Waals surface area contributed by atoms with Crippen LogP contribution >= 0.6 is 0 Å². The Morgan fingerprint density at radius 3 is 2.28 bits per heavy atom. The zero-order chi connectivity index (χ0) is 13.8. The number of nitrogens with one attached hydrogen (secondary N) is 1. The van der Waals surface area contributed by atoms with Crippen molar-refractivity contribution in [2.75, 3.05) is 0 Å². The van der Waals surface area contributed by atoms with E-state index in [1.165, 1.54) is 12.1 Å². The molecule has 0 aliphatic rings. The van der Waals surface area contributed by atoms with Crippen molar-refractivity contribution in [3.8, 4) is 0 Å². The van der Waals surface area contributed by atoms with E-state index in [0.29, 0.717) is 11.3 Å². The first-order valence-corrected chi connectivity index (χ1v) is 5.17. The van der Waals surface area contributed by atoms with E-state index in [1.54, 1.807) is 19.1 Å². The van der Waals surface area contributed by atoms with Gasteiger partial charge in [-0.3, -0.25) is 0 Å². The lowest BCUT2D eigenvalue weighted by Gasteiger charge is -2.10. The Kier molecular flexibility index (Phi) is 4.19. The molecule has 0 heterocycles. The lowest BCUT2D eigenvalue weighted by molar-refractivity contribution is 0.0175. The zero-order valence-corrected chi connectivity index (χ0v) is 10.1. The molecule has 0 spiro atoms. The second-order valence-electron chi connectivity index (χ2n) is 3.79. The minimum atomic E-state index is -2.85. The van der Waals surface area contributed by atoms with Gasteiger partial charge in [-0.25, -0.2) is 14.2 Å². The first-order chi connectivity index (χ1) is 8.34. The maximum absolute atomic E-state index is 13.0. The first kappa shape index (κ1) is 13.9. The van der Waals surface area contributed by atoms with Gasteiger partial charge in [-0.1, -0.05) is 24.3 Å². The minimum Gasteiger partial charge on any atom is -0.367 e. The normalized spacial score (nSPS) is 13.6. The number of guanidine groups is 1. The number of alkyl halides is 2. The van der Waals surface area contributed by atoms with E-state index in [-0.39, 0.29) is 11.5 Å². The van der Waals surface area contributed by atoms with Gasteiger partial charge in [0.15, 0.2) is 0 Å². The van der Waals surface area contributed by atoms with Crippen LogP contribution in [0.15, 0.2) is 34.5 Å². The SMILES string of the molecule is C/C(=N\NC(N)=NN)c1ccc(C(C)(F)F)cc1. The zero-order valence-electron chi connectivity index (χ0n) is 10.1. The number of nitrogens with two attached hydrogens (primary N) is 2. The van der Waals surface area contributed by atoms with Gasteiger partial charge >= 0.3 is 0 Å². The van der Waals surface area contributed by atoms with Crippen LogP contribution in [0.25, 0.3) is 0 Å². The predicted octanol–water partition coefficient (Wildman–Crippen LogP) is 1.30. The summed E-state index contributed by atoms with van der Waals surface area (Å²) in [7, 11) is 0. The van der Waals surface area contributed by atoms with Crippen LogP contribution in [-0.4, -0.2) is 11.7 Å². The smallest absolute Gasteiger partial charge is 0.270 e. The van der Waals surface area contributed by atoms with Gasteiger partial charge in [0.1, 0.15) is 0 Å². The number of hydrogen-bond donors (Lipinski definition) is 3. The van der Waals surface area contributed by atoms with E-state index in [1.807, 2.05) is 0 Å². The molecule has 1 rings (SSSR count). The Bertz CT molecular complexity index is 459. The summed E-state index contributed by atoms with van der Waals surface area (Å²) in [5.74, 6) is 2.03. The molecule has 0 aliphatic carbocycles. The Hall–Kier alpha value is -2.18. The van der Waals surface area contributed by atoms with Crippen molar-refractivity contribution in [1.29, 1.82) is 0 Å². The van der Waals surface area contributed by atoms with Gasteiger partial charge in [0.2, 0.25) is 5.96 Å². The molecule has 98 valence electrons. The van der Waals surface area contributed by atoms with Crippen LogP contribution in [0.4, 0.5) is 8.78 Å². The largest absolute Gasteiger partial charge is 0.367 e. The topological polar surface area (TPSA) is 88.8 Å². The molecule has 0 radical (unpaired) electrons. The third kappa shape index (κ3) is 3.69. The van der Waals surface area contributed by atoms with Crippen LogP contribution in [0.1, 0.15) is 25.0 Å². The number of benzene rings is 1. The second kappa shape index (κ2) is 5.44. The highest BCUT2D eigenvalue weighted by atomic mass is 19.3. The highest BCUT2D eigenvalue weighted by molar-refractivity contribution is 5.99. The summed E-state index contributed by atoms with van der Waals surface area (Å²) < 4.78 is 26.0. The molecular weight excluding hydrogens is 240 g/mol. The molecular formula is C11H15F2N5. The number of rotatable bonds is 3. The van der Waals surface area contributed by atoms with E-state index in [0.717, 1.165) is 6.92 Å². The van der Waals surface area contributed by atoms with E-state index >= 15 is 0 Å². The third-order valence-corrected chi connectivity index (χ3v) is 2.29. The van der Waals surface area contributed by atoms with Crippen LogP contribution in [0.2, 0.25) is 0 Å². The molecule has 1 aromatic rings. The van der Waals surface area contributed by atoms with Crippen LogP contribution < -0.4 is 17.0 Å². The first-order valence-electron chi connectivity index (χ1n) is 5.17. The van der Waals surface area contributed by atoms with E-state index in [9.17, 15) is 8.78 Å². The van der Waals surface area contributed by atoms with Crippen LogP contribution in [0.3, 0.4) is 0 Å². The molecule has 0 aliphatic heterocycles. The molecule has 5 nitrogen and oxygen atoms in total. The quantitative estimate of drug-likeness (QED) is 0.329. The fraction of sp³-hybridized carbons (Fsp3) is 0.273. The molecule has 7 heteroatoms. The monoisotopic (exact) mass is 255 g/mol. The van der Waals surface area contributed by atoms with Gasteiger partial charge < -0.3 is 11.6 Å². The van der Waals surface area contributed by atoms with Crippen molar-refractivity contribution >= 4 is 11.7 Å². The van der Waals surface area contributed by atoms with Crippen molar-refractivity contribution in [2.45, 2.75) is 19.8 Å². The standard InChI is InChI=1S/C11H15F2N5/c1-7(17-18-10(14)16-15)8-3-5-9(6-4-8)11(2,12)13/h3-6H,15H2,1-2H3,(H3,14,16,18)/b17-7+. The number of halogens is 2. The van der Waals surface area contributed by atoms with Gasteiger partial charge in [0, 0.05) is 12.5 Å². The summed E-state index contributed by atoms with van der Waals surface area (Å²) >= 11 is 0. The minimum absolute atomic E-state index is 0.0361. The molecule has 0 saturated carbocycles. The molecule has 0 saturated heterocycles.